The quantitative estimate of drug-likeness (QED) is 0.636. The molecule has 0 N–H and O–H groups in total. The Kier molecular flexibility index (Phi) is 1.86. The maximum Gasteiger partial charge on any atom is 0.452 e. The van der Waals surface area contributed by atoms with Crippen LogP contribution in [0.25, 0.3) is 0 Å². The van der Waals surface area contributed by atoms with Crippen LogP contribution >= 0.6 is 0 Å². The van der Waals surface area contributed by atoms with Crippen molar-refractivity contribution in [2.45, 2.75) is 12.8 Å². The molecule has 0 saturated heterocycles. The van der Waals surface area contributed by atoms with Crippen LogP contribution in [0.15, 0.2) is 10.6 Å². The van der Waals surface area contributed by atoms with Gasteiger partial charge >= 0.3 is 6.18 Å². The summed E-state index contributed by atoms with van der Waals surface area (Å²) in [4.78, 5) is 0. The first-order valence-electron chi connectivity index (χ1n) is 2.65. The van der Waals surface area contributed by atoms with Crippen molar-refractivity contribution in [2.75, 3.05) is 0 Å². The standard InChI is InChI=1S/C5H3F3NO2/c6-5(7,8)4-1-3(2-10)9-11-4/h1H,2H2. The summed E-state index contributed by atoms with van der Waals surface area (Å²) in [5.41, 5.74) is -0.239. The van der Waals surface area contributed by atoms with Gasteiger partial charge in [-0.25, -0.2) is 5.11 Å². The van der Waals surface area contributed by atoms with Crippen LogP contribution in [0.3, 0.4) is 0 Å². The van der Waals surface area contributed by atoms with E-state index in [1.165, 1.54) is 0 Å². The topological polar surface area (TPSA) is 45.9 Å². The van der Waals surface area contributed by atoms with Crippen LogP contribution in [0, 0.1) is 0 Å². The van der Waals surface area contributed by atoms with Crippen molar-refractivity contribution in [1.29, 1.82) is 0 Å². The van der Waals surface area contributed by atoms with E-state index in [0.29, 0.717) is 6.07 Å². The zero-order chi connectivity index (χ0) is 8.48. The Bertz CT molecular complexity index is 242. The van der Waals surface area contributed by atoms with Gasteiger partial charge in [0.15, 0.2) is 0 Å². The molecule has 0 spiro atoms. The minimum atomic E-state index is -4.56. The van der Waals surface area contributed by atoms with E-state index in [-0.39, 0.29) is 5.69 Å². The van der Waals surface area contributed by atoms with E-state index in [4.69, 9.17) is 0 Å². The van der Waals surface area contributed by atoms with Crippen molar-refractivity contribution in [3.8, 4) is 0 Å². The van der Waals surface area contributed by atoms with Crippen LogP contribution in [0.2, 0.25) is 0 Å². The lowest BCUT2D eigenvalue weighted by Gasteiger charge is -1.97. The number of hydrogen-bond donors (Lipinski definition) is 0. The summed E-state index contributed by atoms with van der Waals surface area (Å²) < 4.78 is 39.0. The predicted octanol–water partition coefficient (Wildman–Crippen LogP) is 1.62. The molecule has 1 radical (unpaired) electrons. The van der Waals surface area contributed by atoms with Gasteiger partial charge in [0, 0.05) is 6.07 Å². The van der Waals surface area contributed by atoms with Crippen molar-refractivity contribution in [1.82, 2.24) is 5.16 Å². The summed E-state index contributed by atoms with van der Waals surface area (Å²) in [6.07, 6.45) is -4.56. The normalized spacial score (nSPS) is 12.0. The molecule has 0 aliphatic carbocycles. The van der Waals surface area contributed by atoms with Gasteiger partial charge in [-0.2, -0.15) is 13.2 Å². The van der Waals surface area contributed by atoms with E-state index in [9.17, 15) is 18.3 Å². The van der Waals surface area contributed by atoms with Crippen LogP contribution in [-0.2, 0) is 17.9 Å². The molecular formula is C5H3F3NO2. The second-order valence-corrected chi connectivity index (χ2v) is 1.82. The molecule has 0 aliphatic heterocycles. The lowest BCUT2D eigenvalue weighted by atomic mass is 10.4. The fraction of sp³-hybridized carbons (Fsp3) is 0.400. The molecule has 11 heavy (non-hydrogen) atoms. The number of hydrogen-bond acceptors (Lipinski definition) is 2. The van der Waals surface area contributed by atoms with E-state index in [1.807, 2.05) is 0 Å². The van der Waals surface area contributed by atoms with Crippen molar-refractivity contribution in [3.05, 3.63) is 17.5 Å². The molecule has 61 valence electrons. The molecule has 0 unspecified atom stereocenters. The molecule has 6 heteroatoms. The Labute approximate surface area is 59.4 Å². The highest BCUT2D eigenvalue weighted by Crippen LogP contribution is 2.29. The molecule has 1 rings (SSSR count). The number of alkyl halides is 3. The Balaban J connectivity index is 2.89. The molecule has 0 atom stereocenters. The Morgan fingerprint density at radius 2 is 2.18 bits per heavy atom. The van der Waals surface area contributed by atoms with Gasteiger partial charge < -0.3 is 4.52 Å². The molecule has 0 saturated carbocycles. The van der Waals surface area contributed by atoms with Crippen LogP contribution in [-0.4, -0.2) is 5.16 Å². The van der Waals surface area contributed by atoms with Gasteiger partial charge in [0.1, 0.15) is 12.3 Å². The zero-order valence-electron chi connectivity index (χ0n) is 5.18. The molecule has 0 aliphatic rings. The van der Waals surface area contributed by atoms with E-state index in [0.717, 1.165) is 0 Å². The summed E-state index contributed by atoms with van der Waals surface area (Å²) >= 11 is 0. The summed E-state index contributed by atoms with van der Waals surface area (Å²) in [6.45, 7) is -0.806. The van der Waals surface area contributed by atoms with Crippen molar-refractivity contribution in [3.63, 3.8) is 0 Å². The van der Waals surface area contributed by atoms with Crippen molar-refractivity contribution < 1.29 is 22.8 Å². The third kappa shape index (κ3) is 1.70. The highest BCUT2D eigenvalue weighted by molar-refractivity contribution is 5.06. The second kappa shape index (κ2) is 2.54. The number of rotatable bonds is 1. The average Bonchev–Trinajstić information content (AvgIpc) is 2.32. The fourth-order valence-electron chi connectivity index (χ4n) is 0.513. The minimum Gasteiger partial charge on any atom is -0.351 e. The van der Waals surface area contributed by atoms with E-state index in [1.54, 1.807) is 0 Å². The largest absolute Gasteiger partial charge is 0.452 e. The molecular weight excluding hydrogens is 163 g/mol. The van der Waals surface area contributed by atoms with Crippen LogP contribution in [0.1, 0.15) is 11.5 Å². The minimum absolute atomic E-state index is 0.239. The zero-order valence-corrected chi connectivity index (χ0v) is 5.18. The van der Waals surface area contributed by atoms with Crippen LogP contribution < -0.4 is 0 Å². The van der Waals surface area contributed by atoms with Gasteiger partial charge in [0.05, 0.1) is 0 Å². The predicted molar refractivity (Wildman–Crippen MR) is 25.9 cm³/mol. The number of halogens is 3. The van der Waals surface area contributed by atoms with Gasteiger partial charge in [-0.05, 0) is 0 Å². The molecule has 3 nitrogen and oxygen atoms in total. The first-order chi connectivity index (χ1) is 5.04. The Morgan fingerprint density at radius 3 is 2.45 bits per heavy atom. The third-order valence-corrected chi connectivity index (χ3v) is 0.986. The monoisotopic (exact) mass is 166 g/mol. The average molecular weight is 166 g/mol. The van der Waals surface area contributed by atoms with E-state index < -0.39 is 18.5 Å². The maximum absolute atomic E-state index is 11.7. The number of nitrogens with zero attached hydrogens (tertiary/aromatic N) is 1. The summed E-state index contributed by atoms with van der Waals surface area (Å²) in [5, 5.41) is 12.9. The molecule has 1 heterocycles. The van der Waals surface area contributed by atoms with Crippen LogP contribution in [0.5, 0.6) is 0 Å². The number of aromatic nitrogens is 1. The highest BCUT2D eigenvalue weighted by atomic mass is 19.4. The van der Waals surface area contributed by atoms with Crippen LogP contribution in [0.4, 0.5) is 13.2 Å². The van der Waals surface area contributed by atoms with Crippen molar-refractivity contribution >= 4 is 0 Å². The maximum atomic E-state index is 11.7. The Hall–Kier alpha value is -1.04. The second-order valence-electron chi connectivity index (χ2n) is 1.82. The lowest BCUT2D eigenvalue weighted by Crippen LogP contribution is -2.02. The highest BCUT2D eigenvalue weighted by Gasteiger charge is 2.35. The first-order valence-corrected chi connectivity index (χ1v) is 2.65. The van der Waals surface area contributed by atoms with Gasteiger partial charge in [-0.1, -0.05) is 5.16 Å². The summed E-state index contributed by atoms with van der Waals surface area (Å²) in [5.74, 6) is -1.23. The molecule has 0 fully saturated rings. The van der Waals surface area contributed by atoms with Gasteiger partial charge in [-0.3, -0.25) is 0 Å². The molecule has 0 bridgehead atoms. The smallest absolute Gasteiger partial charge is 0.351 e. The molecule has 0 aromatic carbocycles. The molecule has 0 amide bonds. The summed E-state index contributed by atoms with van der Waals surface area (Å²) in [6, 6.07) is 0.590. The fourth-order valence-corrected chi connectivity index (χ4v) is 0.513. The van der Waals surface area contributed by atoms with Crippen molar-refractivity contribution in [2.24, 2.45) is 0 Å². The SMILES string of the molecule is [O]Cc1cc(C(F)(F)F)on1. The third-order valence-electron chi connectivity index (χ3n) is 0.986. The van der Waals surface area contributed by atoms with E-state index in [2.05, 4.69) is 9.68 Å². The Morgan fingerprint density at radius 1 is 1.55 bits per heavy atom. The van der Waals surface area contributed by atoms with E-state index >= 15 is 0 Å². The summed E-state index contributed by atoms with van der Waals surface area (Å²) in [7, 11) is 0. The van der Waals surface area contributed by atoms with Gasteiger partial charge in [0.2, 0.25) is 5.76 Å². The van der Waals surface area contributed by atoms with Gasteiger partial charge in [-0.15, -0.1) is 0 Å². The van der Waals surface area contributed by atoms with Gasteiger partial charge in [0.25, 0.3) is 0 Å². The molecule has 1 aromatic rings. The molecule has 1 aromatic heterocycles. The lowest BCUT2D eigenvalue weighted by molar-refractivity contribution is -0.155. The first kappa shape index (κ1) is 8.06.